The molecule has 0 aliphatic carbocycles. The van der Waals surface area contributed by atoms with Crippen molar-refractivity contribution in [3.8, 4) is 6.19 Å². The summed E-state index contributed by atoms with van der Waals surface area (Å²) < 4.78 is 5.87. The maximum Gasteiger partial charge on any atom is 0.251 e. The minimum atomic E-state index is -0.0993. The lowest BCUT2D eigenvalue weighted by molar-refractivity contribution is 0.0928. The molecule has 2 bridgehead atoms. The maximum atomic E-state index is 12.7. The van der Waals surface area contributed by atoms with Crippen molar-refractivity contribution in [3.63, 3.8) is 0 Å². The minimum absolute atomic E-state index is 0.0530. The lowest BCUT2D eigenvalue weighted by Gasteiger charge is -2.21. The highest BCUT2D eigenvalue weighted by atomic mass is 16.3. The van der Waals surface area contributed by atoms with Crippen LogP contribution in [0.1, 0.15) is 29.6 Å². The van der Waals surface area contributed by atoms with E-state index in [0.717, 1.165) is 41.2 Å². The summed E-state index contributed by atoms with van der Waals surface area (Å²) in [5.74, 6) is -0.0993. The van der Waals surface area contributed by atoms with Gasteiger partial charge in [0.25, 0.3) is 5.91 Å². The topological polar surface area (TPSA) is 69.3 Å². The van der Waals surface area contributed by atoms with Crippen LogP contribution in [0.25, 0.3) is 21.9 Å². The van der Waals surface area contributed by atoms with Gasteiger partial charge in [0.15, 0.2) is 6.19 Å². The van der Waals surface area contributed by atoms with Crippen LogP contribution >= 0.6 is 0 Å². The van der Waals surface area contributed by atoms with E-state index in [0.29, 0.717) is 5.56 Å². The van der Waals surface area contributed by atoms with Crippen molar-refractivity contribution < 1.29 is 9.21 Å². The van der Waals surface area contributed by atoms with E-state index in [2.05, 4.69) is 11.5 Å². The molecule has 0 radical (unpaired) electrons. The number of amides is 1. The molecule has 1 aromatic heterocycles. The average molecular weight is 331 g/mol. The number of benzene rings is 2. The van der Waals surface area contributed by atoms with Crippen LogP contribution < -0.4 is 5.32 Å². The molecule has 2 aliphatic rings. The molecule has 124 valence electrons. The van der Waals surface area contributed by atoms with Gasteiger partial charge in [-0.05, 0) is 43.5 Å². The molecule has 5 heteroatoms. The Balaban J connectivity index is 1.42. The van der Waals surface area contributed by atoms with E-state index in [1.807, 2.05) is 41.3 Å². The van der Waals surface area contributed by atoms with E-state index in [1.54, 1.807) is 6.07 Å². The predicted molar refractivity (Wildman–Crippen MR) is 93.9 cm³/mol. The van der Waals surface area contributed by atoms with E-state index in [9.17, 15) is 10.1 Å². The van der Waals surface area contributed by atoms with Crippen LogP contribution in [-0.4, -0.2) is 28.9 Å². The van der Waals surface area contributed by atoms with E-state index >= 15 is 0 Å². The summed E-state index contributed by atoms with van der Waals surface area (Å²) in [6.45, 7) is 0. The highest BCUT2D eigenvalue weighted by Crippen LogP contribution is 2.37. The van der Waals surface area contributed by atoms with Gasteiger partial charge in [0, 0.05) is 22.4 Å². The number of hydrogen-bond acceptors (Lipinski definition) is 4. The van der Waals surface area contributed by atoms with Crippen molar-refractivity contribution in [2.45, 2.75) is 37.4 Å². The Kier molecular flexibility index (Phi) is 3.01. The number of carbonyl (C=O) groups excluding carboxylic acids is 1. The van der Waals surface area contributed by atoms with E-state index in [1.165, 1.54) is 0 Å². The van der Waals surface area contributed by atoms with E-state index in [-0.39, 0.29) is 24.0 Å². The number of fused-ring (bicyclic) bond motifs is 5. The Morgan fingerprint density at radius 3 is 2.84 bits per heavy atom. The summed E-state index contributed by atoms with van der Waals surface area (Å²) in [5.41, 5.74) is 2.14. The number of carbonyl (C=O) groups is 1. The number of furan rings is 1. The zero-order valence-electron chi connectivity index (χ0n) is 13.6. The fourth-order valence-electron chi connectivity index (χ4n) is 4.42. The molecule has 2 aromatic carbocycles. The smallest absolute Gasteiger partial charge is 0.251 e. The molecule has 25 heavy (non-hydrogen) atoms. The lowest BCUT2D eigenvalue weighted by Crippen LogP contribution is -2.43. The number of nitriles is 1. The lowest BCUT2D eigenvalue weighted by atomic mass is 9.95. The first-order chi connectivity index (χ1) is 12.2. The summed E-state index contributed by atoms with van der Waals surface area (Å²) in [6.07, 6.45) is 5.16. The Hall–Kier alpha value is -3.00. The molecule has 3 aromatic rings. The molecule has 2 saturated heterocycles. The number of hydrogen-bond donors (Lipinski definition) is 1. The molecule has 1 N–H and O–H groups in total. The van der Waals surface area contributed by atoms with Gasteiger partial charge in [-0.25, -0.2) is 0 Å². The highest BCUT2D eigenvalue weighted by molar-refractivity contribution is 6.07. The van der Waals surface area contributed by atoms with Crippen molar-refractivity contribution in [1.29, 1.82) is 5.26 Å². The van der Waals surface area contributed by atoms with Crippen LogP contribution in [0.3, 0.4) is 0 Å². The van der Waals surface area contributed by atoms with Crippen LogP contribution in [0.15, 0.2) is 46.9 Å². The Labute approximate surface area is 144 Å². The molecule has 3 heterocycles. The van der Waals surface area contributed by atoms with Crippen molar-refractivity contribution in [2.24, 2.45) is 0 Å². The molecule has 2 fully saturated rings. The number of para-hydroxylation sites is 1. The van der Waals surface area contributed by atoms with Crippen LogP contribution in [0.5, 0.6) is 0 Å². The normalized spacial score (nSPS) is 24.8. The second kappa shape index (κ2) is 5.25. The number of nitrogens with one attached hydrogen (secondary N) is 1. The first-order valence-electron chi connectivity index (χ1n) is 8.65. The second-order valence-corrected chi connectivity index (χ2v) is 6.93. The minimum Gasteiger partial charge on any atom is -0.456 e. The maximum absolute atomic E-state index is 12.7. The average Bonchev–Trinajstić information content (AvgIpc) is 3.30. The largest absolute Gasteiger partial charge is 0.456 e. The first kappa shape index (κ1) is 14.4. The molecular weight excluding hydrogens is 314 g/mol. The summed E-state index contributed by atoms with van der Waals surface area (Å²) in [7, 11) is 0. The number of rotatable bonds is 2. The molecule has 0 spiro atoms. The summed E-state index contributed by atoms with van der Waals surface area (Å²) in [5, 5.41) is 14.4. The van der Waals surface area contributed by atoms with Gasteiger partial charge in [-0.1, -0.05) is 18.2 Å². The van der Waals surface area contributed by atoms with Crippen molar-refractivity contribution >= 4 is 27.8 Å². The van der Waals surface area contributed by atoms with Gasteiger partial charge in [-0.2, -0.15) is 5.26 Å². The Morgan fingerprint density at radius 2 is 2.00 bits per heavy atom. The molecule has 5 nitrogen and oxygen atoms in total. The SMILES string of the molecule is N#CN1[C@H]2CC[C@@H]1[C@H](NC(=O)c1ccc3c(c1)oc1ccccc13)C2. The van der Waals surface area contributed by atoms with Crippen LogP contribution in [0, 0.1) is 11.5 Å². The van der Waals surface area contributed by atoms with Crippen LogP contribution in [-0.2, 0) is 0 Å². The van der Waals surface area contributed by atoms with Gasteiger partial charge < -0.3 is 14.6 Å². The van der Waals surface area contributed by atoms with Crippen LogP contribution in [0.2, 0.25) is 0 Å². The number of nitrogens with zero attached hydrogens (tertiary/aromatic N) is 2. The summed E-state index contributed by atoms with van der Waals surface area (Å²) in [4.78, 5) is 14.5. The van der Waals surface area contributed by atoms with Gasteiger partial charge in [0.1, 0.15) is 11.2 Å². The third-order valence-electron chi connectivity index (χ3n) is 5.61. The molecule has 3 atom stereocenters. The molecule has 2 aliphatic heterocycles. The second-order valence-electron chi connectivity index (χ2n) is 6.93. The van der Waals surface area contributed by atoms with Gasteiger partial charge >= 0.3 is 0 Å². The van der Waals surface area contributed by atoms with Crippen molar-refractivity contribution in [3.05, 3.63) is 48.0 Å². The standard InChI is InChI=1S/C20H17N3O2/c21-11-23-13-6-8-17(23)16(10-13)22-20(24)12-5-7-15-14-3-1-2-4-18(14)25-19(15)9-12/h1-5,7,9,13,16-17H,6,8,10H2,(H,22,24)/t13-,16+,17+/m0/s1. The highest BCUT2D eigenvalue weighted by Gasteiger charge is 2.46. The fraction of sp³-hybridized carbons (Fsp3) is 0.300. The molecular formula is C20H17N3O2. The van der Waals surface area contributed by atoms with Gasteiger partial charge in [-0.15, -0.1) is 0 Å². The first-order valence-corrected chi connectivity index (χ1v) is 8.65. The van der Waals surface area contributed by atoms with Crippen molar-refractivity contribution in [1.82, 2.24) is 10.2 Å². The predicted octanol–water partition coefficient (Wildman–Crippen LogP) is 3.40. The zero-order chi connectivity index (χ0) is 17.0. The molecule has 0 unspecified atom stereocenters. The summed E-state index contributed by atoms with van der Waals surface area (Å²) >= 11 is 0. The third kappa shape index (κ3) is 2.11. The van der Waals surface area contributed by atoms with Crippen molar-refractivity contribution in [2.75, 3.05) is 0 Å². The molecule has 0 saturated carbocycles. The van der Waals surface area contributed by atoms with Gasteiger partial charge in [0.05, 0.1) is 12.1 Å². The quantitative estimate of drug-likeness (QED) is 0.731. The van der Waals surface area contributed by atoms with Gasteiger partial charge in [-0.3, -0.25) is 4.79 Å². The van der Waals surface area contributed by atoms with E-state index in [4.69, 9.17) is 4.42 Å². The van der Waals surface area contributed by atoms with Crippen LogP contribution in [0.4, 0.5) is 0 Å². The third-order valence-corrected chi connectivity index (χ3v) is 5.61. The fourth-order valence-corrected chi connectivity index (χ4v) is 4.42. The summed E-state index contributed by atoms with van der Waals surface area (Å²) in [6, 6.07) is 14.0. The van der Waals surface area contributed by atoms with E-state index < -0.39 is 0 Å². The van der Waals surface area contributed by atoms with Gasteiger partial charge in [0.2, 0.25) is 0 Å². The molecule has 1 amide bonds. The monoisotopic (exact) mass is 331 g/mol. The zero-order valence-corrected chi connectivity index (χ0v) is 13.6. The molecule has 5 rings (SSSR count). The Bertz CT molecular complexity index is 1030. The Morgan fingerprint density at radius 1 is 1.16 bits per heavy atom.